The van der Waals surface area contributed by atoms with E-state index in [2.05, 4.69) is 10.0 Å². The zero-order chi connectivity index (χ0) is 20.8. The summed E-state index contributed by atoms with van der Waals surface area (Å²) >= 11 is 11.8. The minimum Gasteiger partial charge on any atom is -0.352 e. The molecule has 0 bridgehead atoms. The second-order valence-corrected chi connectivity index (χ2v) is 9.80. The number of hydrogen-bond acceptors (Lipinski definition) is 3. The quantitative estimate of drug-likeness (QED) is 0.581. The summed E-state index contributed by atoms with van der Waals surface area (Å²) in [6.07, 6.45) is 4.08. The number of carbonyl (C=O) groups is 1. The van der Waals surface area contributed by atoms with Gasteiger partial charge in [0.2, 0.25) is 0 Å². The fourth-order valence-electron chi connectivity index (χ4n) is 3.18. The van der Waals surface area contributed by atoms with Gasteiger partial charge in [0.25, 0.3) is 15.9 Å². The lowest BCUT2D eigenvalue weighted by Crippen LogP contribution is -2.25. The molecular weight excluding hydrogens is 433 g/mol. The van der Waals surface area contributed by atoms with Crippen molar-refractivity contribution in [3.05, 3.63) is 58.2 Å². The molecule has 3 aromatic rings. The largest absolute Gasteiger partial charge is 0.352 e. The number of benzene rings is 2. The van der Waals surface area contributed by atoms with Crippen LogP contribution in [-0.2, 0) is 17.1 Å². The lowest BCUT2D eigenvalue weighted by molar-refractivity contribution is 0.0953. The molecule has 9 heteroatoms. The Labute approximate surface area is 178 Å². The molecular formula is C20H19Cl2N3O3S. The maximum absolute atomic E-state index is 12.7. The Morgan fingerprint density at radius 2 is 1.83 bits per heavy atom. The summed E-state index contributed by atoms with van der Waals surface area (Å²) in [5, 5.41) is 4.19. The third-order valence-corrected chi connectivity index (χ3v) is 6.68. The number of rotatable bonds is 6. The molecule has 0 atom stereocenters. The minimum atomic E-state index is -3.87. The van der Waals surface area contributed by atoms with Gasteiger partial charge in [0.1, 0.15) is 0 Å². The first kappa shape index (κ1) is 20.1. The molecule has 2 N–H and O–H groups in total. The lowest BCUT2D eigenvalue weighted by atomic mass is 10.1. The van der Waals surface area contributed by atoms with Crippen LogP contribution in [0.5, 0.6) is 0 Å². The van der Waals surface area contributed by atoms with Crippen LogP contribution in [0, 0.1) is 5.92 Å². The van der Waals surface area contributed by atoms with Gasteiger partial charge >= 0.3 is 0 Å². The zero-order valence-corrected chi connectivity index (χ0v) is 17.9. The van der Waals surface area contributed by atoms with E-state index >= 15 is 0 Å². The number of nitrogens with zero attached hydrogens (tertiary/aromatic N) is 1. The fraction of sp³-hybridized carbons (Fsp3) is 0.250. The normalized spacial score (nSPS) is 14.2. The number of nitrogens with one attached hydrogen (secondary N) is 2. The first-order valence-electron chi connectivity index (χ1n) is 9.09. The Balaban J connectivity index is 1.62. The third kappa shape index (κ3) is 4.37. The number of anilines is 1. The summed E-state index contributed by atoms with van der Waals surface area (Å²) in [6, 6.07) is 9.19. The number of carbonyl (C=O) groups excluding carboxylic acids is 1. The molecule has 0 aliphatic heterocycles. The van der Waals surface area contributed by atoms with Crippen LogP contribution in [0.25, 0.3) is 10.9 Å². The number of hydrogen-bond donors (Lipinski definition) is 2. The molecule has 0 unspecified atom stereocenters. The topological polar surface area (TPSA) is 80.2 Å². The van der Waals surface area contributed by atoms with E-state index < -0.39 is 10.0 Å². The predicted octanol–water partition coefficient (Wildman–Crippen LogP) is 4.43. The summed E-state index contributed by atoms with van der Waals surface area (Å²) in [7, 11) is -2.05. The molecule has 152 valence electrons. The van der Waals surface area contributed by atoms with Gasteiger partial charge in [-0.15, -0.1) is 0 Å². The number of aromatic nitrogens is 1. The number of amides is 1. The van der Waals surface area contributed by atoms with Crippen LogP contribution >= 0.6 is 23.2 Å². The second-order valence-electron chi connectivity index (χ2n) is 7.25. The van der Waals surface area contributed by atoms with Crippen LogP contribution < -0.4 is 10.0 Å². The van der Waals surface area contributed by atoms with Gasteiger partial charge in [-0.3, -0.25) is 9.52 Å². The molecule has 1 saturated carbocycles. The van der Waals surface area contributed by atoms with Crippen LogP contribution in [0.15, 0.2) is 47.5 Å². The highest BCUT2D eigenvalue weighted by Gasteiger charge is 2.23. The molecule has 1 aromatic heterocycles. The van der Waals surface area contributed by atoms with Crippen LogP contribution in [-0.4, -0.2) is 25.4 Å². The van der Waals surface area contributed by atoms with Crippen molar-refractivity contribution < 1.29 is 13.2 Å². The maximum Gasteiger partial charge on any atom is 0.261 e. The van der Waals surface area contributed by atoms with E-state index in [0.717, 1.165) is 23.7 Å². The summed E-state index contributed by atoms with van der Waals surface area (Å²) in [5.74, 6) is 0.472. The van der Waals surface area contributed by atoms with Crippen molar-refractivity contribution in [2.45, 2.75) is 17.7 Å². The molecule has 1 aliphatic rings. The molecule has 0 saturated heterocycles. The van der Waals surface area contributed by atoms with E-state index in [0.29, 0.717) is 23.7 Å². The van der Waals surface area contributed by atoms with Crippen LogP contribution in [0.3, 0.4) is 0 Å². The van der Waals surface area contributed by atoms with Crippen molar-refractivity contribution in [2.75, 3.05) is 11.3 Å². The first-order valence-corrected chi connectivity index (χ1v) is 11.3. The van der Waals surface area contributed by atoms with Gasteiger partial charge in [0, 0.05) is 35.2 Å². The van der Waals surface area contributed by atoms with Crippen molar-refractivity contribution in [1.29, 1.82) is 0 Å². The second kappa shape index (κ2) is 7.55. The van der Waals surface area contributed by atoms with Gasteiger partial charge in [-0.2, -0.15) is 0 Å². The Morgan fingerprint density at radius 1 is 1.14 bits per heavy atom. The first-order chi connectivity index (χ1) is 13.7. The van der Waals surface area contributed by atoms with Crippen molar-refractivity contribution in [3.63, 3.8) is 0 Å². The van der Waals surface area contributed by atoms with Gasteiger partial charge < -0.3 is 9.88 Å². The van der Waals surface area contributed by atoms with E-state index in [1.54, 1.807) is 29.0 Å². The summed E-state index contributed by atoms with van der Waals surface area (Å²) in [5.41, 5.74) is 1.69. The van der Waals surface area contributed by atoms with E-state index in [9.17, 15) is 13.2 Å². The Bertz CT molecular complexity index is 1200. The van der Waals surface area contributed by atoms with E-state index in [1.807, 2.05) is 7.05 Å². The fourth-order valence-corrected chi connectivity index (χ4v) is 4.96. The molecule has 1 amide bonds. The summed E-state index contributed by atoms with van der Waals surface area (Å²) in [4.78, 5) is 12.5. The lowest BCUT2D eigenvalue weighted by Gasteiger charge is -2.10. The average molecular weight is 452 g/mol. The molecule has 6 nitrogen and oxygen atoms in total. The van der Waals surface area contributed by atoms with E-state index in [1.165, 1.54) is 18.2 Å². The summed E-state index contributed by atoms with van der Waals surface area (Å²) < 4.78 is 29.7. The minimum absolute atomic E-state index is 0.0258. The summed E-state index contributed by atoms with van der Waals surface area (Å²) in [6.45, 7) is 0.690. The van der Waals surface area contributed by atoms with Gasteiger partial charge in [-0.25, -0.2) is 8.42 Å². The van der Waals surface area contributed by atoms with Crippen molar-refractivity contribution >= 4 is 55.7 Å². The van der Waals surface area contributed by atoms with Gasteiger partial charge in [0.15, 0.2) is 0 Å². The highest BCUT2D eigenvalue weighted by molar-refractivity contribution is 7.92. The maximum atomic E-state index is 12.7. The number of sulfonamides is 1. The molecule has 0 spiro atoms. The van der Waals surface area contributed by atoms with E-state index in [4.69, 9.17) is 23.2 Å². The highest BCUT2D eigenvalue weighted by atomic mass is 35.5. The number of halogens is 2. The number of aryl methyl sites for hydroxylation is 1. The van der Waals surface area contributed by atoms with Crippen LogP contribution in [0.1, 0.15) is 23.2 Å². The Hall–Kier alpha value is -2.22. The SMILES string of the molecule is Cn1cc(C(=O)NCC2CC2)c2ccc(NS(=O)(=O)c3cc(Cl)cc(Cl)c3)cc21. The van der Waals surface area contributed by atoms with E-state index in [-0.39, 0.29) is 20.8 Å². The average Bonchev–Trinajstić information content (AvgIpc) is 3.42. The van der Waals surface area contributed by atoms with Crippen molar-refractivity contribution in [1.82, 2.24) is 9.88 Å². The molecule has 2 aromatic carbocycles. The van der Waals surface area contributed by atoms with Gasteiger partial charge in [0.05, 0.1) is 21.7 Å². The molecule has 1 fully saturated rings. The molecule has 29 heavy (non-hydrogen) atoms. The van der Waals surface area contributed by atoms with Crippen LogP contribution in [0.4, 0.5) is 5.69 Å². The smallest absolute Gasteiger partial charge is 0.261 e. The third-order valence-electron chi connectivity index (χ3n) is 4.88. The molecule has 1 aliphatic carbocycles. The predicted molar refractivity (Wildman–Crippen MR) is 115 cm³/mol. The Morgan fingerprint density at radius 3 is 2.48 bits per heavy atom. The van der Waals surface area contributed by atoms with Crippen LogP contribution in [0.2, 0.25) is 10.0 Å². The monoisotopic (exact) mass is 451 g/mol. The van der Waals surface area contributed by atoms with Gasteiger partial charge in [-0.1, -0.05) is 23.2 Å². The van der Waals surface area contributed by atoms with Crippen molar-refractivity contribution in [2.24, 2.45) is 13.0 Å². The van der Waals surface area contributed by atoms with Crippen molar-refractivity contribution in [3.8, 4) is 0 Å². The highest BCUT2D eigenvalue weighted by Crippen LogP contribution is 2.29. The van der Waals surface area contributed by atoms with Gasteiger partial charge in [-0.05, 0) is 55.2 Å². The Kier molecular flexibility index (Phi) is 5.23. The molecule has 0 radical (unpaired) electrons. The molecule has 4 rings (SSSR count). The standard InChI is InChI=1S/C20H19Cl2N3O3S/c1-25-11-18(20(26)23-10-12-2-3-12)17-5-4-15(9-19(17)25)24-29(27,28)16-7-13(21)6-14(22)8-16/h4-9,11-12,24H,2-3,10H2,1H3,(H,23,26). The molecule has 1 heterocycles. The zero-order valence-electron chi connectivity index (χ0n) is 15.6. The number of fused-ring (bicyclic) bond motifs is 1.